The SMILES string of the molecule is CCCOc1cc(-c2scnc2C)ccc1CNC(=O)[C@@H]1C[C@@H](O)CN1C(=O)[C@H](C(C)C)N1Cc2ccccc2C1=O.Cc1ncsc1-c1ccc(CNC(=O)[C@@H]2C[C@@H](O)CN2C(=O)[C@H](C(C)C)N2Cc3ccccc3C2=O)c(OCCOc2ccc(COc3ccc4oc(-c5ccc(=O)n(C)n5)nc4c3)nc2)c1.Cn1nc(-c2nc3cc(OCc4ccc(O)cn4)ccc3o2)ccc1=O. The smallest absolute Gasteiger partial charge is 0.266 e. The summed E-state index contributed by atoms with van der Waals surface area (Å²) in [6, 6.07) is 46.4. The summed E-state index contributed by atoms with van der Waals surface area (Å²) in [7, 11) is 3.13. The molecule has 135 heavy (non-hydrogen) atoms. The Balaban J connectivity index is 0.000000164. The van der Waals surface area contributed by atoms with E-state index in [0.29, 0.717) is 122 Å². The Bertz CT molecular complexity index is 6830. The topological polar surface area (TPSA) is 420 Å². The summed E-state index contributed by atoms with van der Waals surface area (Å²) in [5.41, 5.74) is 15.9. The van der Waals surface area contributed by atoms with Crippen molar-refractivity contribution in [3.8, 4) is 78.5 Å². The standard InChI is InChI=1S/C49H48N8O9S.C32H38N4O5S.C18H14N4O4/c1-28(2)44(57-24-32-7-5-6-8-37(32)48(57)61)49(62)56-25-34(58)20-40(56)46(60)51-22-31-10-9-30(45-29(3)52-27-67-45)19-42(31)64-18-17-63-36-12-11-33(50-23-36)26-65-35-13-15-41-39(21-35)53-47(66-41)38-14-16-43(59)55(4)54-38;1-5-12-41-27-13-21(29-20(4)34-18-42-29)10-11-22(27)15-33-30(38)26-14-24(37)17-35(26)32(40)28(19(2)3)36-16-23-8-6-7-9-25(23)31(36)39;1-22-17(24)7-5-14(21-22)18-20-15-8-13(4-6-16(15)26-18)25-10-11-2-3-12(23)9-19-11/h5-16,19,21,23,27-28,34,40,44,58H,17-18,20,22,24-26H2,1-4H3,(H,51,60);6-11,13,18-19,24,26,28,37H,5,12,14-17H2,1-4H3,(H,33,38);2-9,23H,10H2,1H3/t34-,40+,44+;24-,26+,28+;/m11./s1. The minimum atomic E-state index is -0.928. The Kier molecular flexibility index (Phi) is 28.7. The number of oxazole rings is 2. The fourth-order valence-electron chi connectivity index (χ4n) is 16.6. The molecular weight excluding hydrogens is 1770 g/mol. The van der Waals surface area contributed by atoms with E-state index in [-0.39, 0.29) is 124 Å². The fraction of sp³-hybridized carbons (Fsp3) is 0.313. The van der Waals surface area contributed by atoms with Gasteiger partial charge in [0.15, 0.2) is 11.2 Å². The molecule has 2 fully saturated rings. The van der Waals surface area contributed by atoms with E-state index in [1.807, 2.05) is 127 Å². The molecule has 0 bridgehead atoms. The average Bonchev–Trinajstić information content (AvgIpc) is 1.63. The number of aliphatic hydroxyl groups is 2. The molecule has 12 heterocycles. The number of nitrogens with one attached hydrogen (secondary N) is 2. The maximum Gasteiger partial charge on any atom is 0.266 e. The molecule has 0 spiro atoms. The fourth-order valence-corrected chi connectivity index (χ4v) is 18.2. The molecule has 36 heteroatoms. The number of aromatic nitrogens is 10. The molecule has 6 amide bonds. The first kappa shape index (κ1) is 93.4. The van der Waals surface area contributed by atoms with Crippen LogP contribution in [0.5, 0.6) is 34.5 Å². The second-order valence-electron chi connectivity index (χ2n) is 33.7. The lowest BCUT2D eigenvalue weighted by atomic mass is 10.0. The first-order chi connectivity index (χ1) is 65.2. The third-order valence-electron chi connectivity index (χ3n) is 23.5. The molecule has 0 unspecified atom stereocenters. The molecule has 696 valence electrons. The van der Waals surface area contributed by atoms with Gasteiger partial charge in [-0.05, 0) is 139 Å². The van der Waals surface area contributed by atoms with E-state index in [9.17, 15) is 53.7 Å². The van der Waals surface area contributed by atoms with Crippen molar-refractivity contribution in [2.24, 2.45) is 25.9 Å². The molecule has 2 saturated heterocycles. The zero-order valence-corrected chi connectivity index (χ0v) is 77.2. The van der Waals surface area contributed by atoms with Gasteiger partial charge >= 0.3 is 0 Å². The Morgan fingerprint density at radius 3 is 1.36 bits per heavy atom. The number of pyridine rings is 2. The number of rotatable bonds is 30. The molecule has 0 radical (unpaired) electrons. The number of fused-ring (bicyclic) bond motifs is 4. The molecular formula is C99H100N16O18S2. The second kappa shape index (κ2) is 41.5. The molecule has 0 saturated carbocycles. The predicted octanol–water partition coefficient (Wildman–Crippen LogP) is 12.1. The van der Waals surface area contributed by atoms with Gasteiger partial charge in [-0.1, -0.05) is 95.3 Å². The van der Waals surface area contributed by atoms with Crippen molar-refractivity contribution in [3.05, 3.63) is 270 Å². The van der Waals surface area contributed by atoms with Crippen molar-refractivity contribution in [1.29, 1.82) is 0 Å². The Hall–Kier alpha value is -14.9. The van der Waals surface area contributed by atoms with Crippen LogP contribution in [0.1, 0.15) is 120 Å². The molecule has 0 aliphatic carbocycles. The van der Waals surface area contributed by atoms with Crippen LogP contribution >= 0.6 is 22.7 Å². The summed E-state index contributed by atoms with van der Waals surface area (Å²) in [5, 5.41) is 44.8. The number of aliphatic hydroxyl groups excluding tert-OH is 2. The number of hydrogen-bond donors (Lipinski definition) is 5. The number of amides is 6. The zero-order chi connectivity index (χ0) is 94.8. The predicted molar refractivity (Wildman–Crippen MR) is 501 cm³/mol. The van der Waals surface area contributed by atoms with Crippen LogP contribution in [-0.2, 0) is 72.7 Å². The van der Waals surface area contributed by atoms with Crippen LogP contribution < -0.4 is 45.4 Å². The molecule has 6 aromatic carbocycles. The summed E-state index contributed by atoms with van der Waals surface area (Å²) in [6.45, 7) is 15.8. The highest BCUT2D eigenvalue weighted by atomic mass is 32.1. The number of β-amino-alcohol motifs (C(OH)–C–C–N with tert-alkyl or cyclic N) is 2. The van der Waals surface area contributed by atoms with Gasteiger partial charge in [0.1, 0.15) is 108 Å². The number of thiazole rings is 2. The van der Waals surface area contributed by atoms with Crippen LogP contribution in [0, 0.1) is 25.7 Å². The van der Waals surface area contributed by atoms with Crippen LogP contribution in [0.15, 0.2) is 212 Å². The number of carbonyl (C=O) groups excluding carboxylic acids is 6. The van der Waals surface area contributed by atoms with E-state index in [2.05, 4.69) is 50.7 Å². The number of aryl methyl sites for hydroxylation is 4. The minimum absolute atomic E-state index is 0.0126. The van der Waals surface area contributed by atoms with E-state index in [4.69, 9.17) is 32.5 Å². The number of likely N-dealkylation sites (tertiary alicyclic amines) is 2. The quantitative estimate of drug-likeness (QED) is 0.0261. The second-order valence-corrected chi connectivity index (χ2v) is 35.4. The molecule has 4 aliphatic heterocycles. The third-order valence-corrected chi connectivity index (χ3v) is 25.4. The number of ether oxygens (including phenoxy) is 5. The number of carbonyl (C=O) groups is 6. The first-order valence-corrected chi connectivity index (χ1v) is 45.9. The Morgan fingerprint density at radius 1 is 0.504 bits per heavy atom. The molecule has 6 atom stereocenters. The first-order valence-electron chi connectivity index (χ1n) is 44.2. The van der Waals surface area contributed by atoms with E-state index in [1.54, 1.807) is 132 Å². The molecule has 8 aromatic heterocycles. The maximum absolute atomic E-state index is 14.3. The molecule has 18 rings (SSSR count). The van der Waals surface area contributed by atoms with Crippen LogP contribution in [-0.4, -0.2) is 189 Å². The zero-order valence-electron chi connectivity index (χ0n) is 75.5. The van der Waals surface area contributed by atoms with E-state index < -0.39 is 42.3 Å². The van der Waals surface area contributed by atoms with Crippen molar-refractivity contribution in [3.63, 3.8) is 0 Å². The molecule has 34 nitrogen and oxygen atoms in total. The monoisotopic (exact) mass is 1860 g/mol. The van der Waals surface area contributed by atoms with Gasteiger partial charge in [-0.3, -0.25) is 48.3 Å². The number of aromatic hydroxyl groups is 1. The summed E-state index contributed by atoms with van der Waals surface area (Å²) in [5.74, 6) is 1.40. The number of benzene rings is 6. The highest BCUT2D eigenvalue weighted by Crippen LogP contribution is 2.38. The average molecular weight is 1870 g/mol. The normalized spacial score (nSPS) is 16.0. The minimum Gasteiger partial charge on any atom is -0.506 e. The lowest BCUT2D eigenvalue weighted by Crippen LogP contribution is -2.55. The lowest BCUT2D eigenvalue weighted by molar-refractivity contribution is -0.143. The van der Waals surface area contributed by atoms with E-state index >= 15 is 0 Å². The molecule has 5 N–H and O–H groups in total. The highest BCUT2D eigenvalue weighted by molar-refractivity contribution is 7.13. The molecule has 4 aliphatic rings. The summed E-state index contributed by atoms with van der Waals surface area (Å²) < 4.78 is 44.0. The van der Waals surface area contributed by atoms with Crippen molar-refractivity contribution in [2.75, 3.05) is 32.9 Å². The van der Waals surface area contributed by atoms with Crippen molar-refractivity contribution < 1.29 is 76.6 Å². The van der Waals surface area contributed by atoms with Gasteiger partial charge in [-0.25, -0.2) is 29.3 Å². The third kappa shape index (κ3) is 21.4. The van der Waals surface area contributed by atoms with E-state index in [0.717, 1.165) is 55.4 Å². The molecule has 14 aromatic rings. The maximum atomic E-state index is 14.3. The van der Waals surface area contributed by atoms with Gasteiger partial charge in [0.25, 0.3) is 22.9 Å². The Labute approximate surface area is 783 Å². The lowest BCUT2D eigenvalue weighted by Gasteiger charge is -2.35. The summed E-state index contributed by atoms with van der Waals surface area (Å²) in [6.07, 6.45) is 2.31. The van der Waals surface area contributed by atoms with Crippen LogP contribution in [0.4, 0.5) is 0 Å². The Morgan fingerprint density at radius 2 is 0.948 bits per heavy atom. The summed E-state index contributed by atoms with van der Waals surface area (Å²) in [4.78, 5) is 140. The van der Waals surface area contributed by atoms with Crippen molar-refractivity contribution in [1.82, 2.24) is 79.7 Å². The number of nitrogens with zero attached hydrogens (tertiary/aromatic N) is 14. The van der Waals surface area contributed by atoms with Crippen LogP contribution in [0.2, 0.25) is 0 Å². The highest BCUT2D eigenvalue weighted by Gasteiger charge is 2.48. The van der Waals surface area contributed by atoms with Gasteiger partial charge in [0, 0.05) is 113 Å². The van der Waals surface area contributed by atoms with Gasteiger partial charge < -0.3 is 78.1 Å². The van der Waals surface area contributed by atoms with Gasteiger partial charge in [0.2, 0.25) is 35.4 Å². The van der Waals surface area contributed by atoms with Crippen LogP contribution in [0.25, 0.3) is 66.2 Å². The number of hydrogen-bond acceptors (Lipinski definition) is 28. The van der Waals surface area contributed by atoms with Crippen LogP contribution in [0.3, 0.4) is 0 Å². The van der Waals surface area contributed by atoms with Gasteiger partial charge in [-0.15, -0.1) is 22.7 Å². The van der Waals surface area contributed by atoms with Gasteiger partial charge in [-0.2, -0.15) is 10.2 Å². The van der Waals surface area contributed by atoms with Crippen molar-refractivity contribution >= 4 is 80.3 Å². The summed E-state index contributed by atoms with van der Waals surface area (Å²) >= 11 is 3.08. The largest absolute Gasteiger partial charge is 0.506 e. The van der Waals surface area contributed by atoms with Gasteiger partial charge in [0.05, 0.1) is 74.8 Å². The van der Waals surface area contributed by atoms with E-state index in [1.165, 1.54) is 48.8 Å². The van der Waals surface area contributed by atoms with Crippen molar-refractivity contribution in [2.45, 2.75) is 143 Å².